The molecule has 4 nitrogen and oxygen atoms in total. The van der Waals surface area contributed by atoms with E-state index in [9.17, 15) is 4.79 Å². The van der Waals surface area contributed by atoms with E-state index in [1.807, 2.05) is 31.2 Å². The SMILES string of the molecule is Cc1ccccc1C(=O)Nn1ccc(C#N)c1. The zero-order valence-electron chi connectivity index (χ0n) is 9.34. The predicted molar refractivity (Wildman–Crippen MR) is 64.0 cm³/mol. The predicted octanol–water partition coefficient (Wildman–Crippen LogP) is 2.05. The van der Waals surface area contributed by atoms with Gasteiger partial charge < -0.3 is 0 Å². The van der Waals surface area contributed by atoms with Crippen molar-refractivity contribution in [1.29, 1.82) is 5.26 Å². The zero-order valence-corrected chi connectivity index (χ0v) is 9.34. The first kappa shape index (κ1) is 11.0. The van der Waals surface area contributed by atoms with Gasteiger partial charge in [-0.05, 0) is 24.6 Å². The highest BCUT2D eigenvalue weighted by molar-refractivity contribution is 6.01. The standard InChI is InChI=1S/C13H11N3O/c1-10-4-2-3-5-12(10)13(17)15-16-7-6-11(8-14)9-16/h2-7,9H,1H3,(H,15,17). The van der Waals surface area contributed by atoms with Gasteiger partial charge in [-0.1, -0.05) is 18.2 Å². The second-order valence-electron chi connectivity index (χ2n) is 3.68. The molecular formula is C13H11N3O. The van der Waals surface area contributed by atoms with Crippen LogP contribution >= 0.6 is 0 Å². The monoisotopic (exact) mass is 225 g/mol. The summed E-state index contributed by atoms with van der Waals surface area (Å²) in [5.41, 5.74) is 4.73. The van der Waals surface area contributed by atoms with Gasteiger partial charge >= 0.3 is 0 Å². The molecule has 0 unspecified atom stereocenters. The molecule has 2 rings (SSSR count). The first-order valence-electron chi connectivity index (χ1n) is 5.16. The van der Waals surface area contributed by atoms with Gasteiger partial charge in [-0.2, -0.15) is 5.26 Å². The third-order valence-electron chi connectivity index (χ3n) is 2.44. The number of aromatic nitrogens is 1. The molecule has 0 aliphatic heterocycles. The Hall–Kier alpha value is -2.54. The molecule has 1 heterocycles. The van der Waals surface area contributed by atoms with Crippen LogP contribution in [0.3, 0.4) is 0 Å². The molecule has 2 aromatic rings. The average Bonchev–Trinajstić information content (AvgIpc) is 2.77. The van der Waals surface area contributed by atoms with Crippen LogP contribution in [0.1, 0.15) is 21.5 Å². The molecule has 0 radical (unpaired) electrons. The van der Waals surface area contributed by atoms with Gasteiger partial charge in [-0.3, -0.25) is 14.9 Å². The summed E-state index contributed by atoms with van der Waals surface area (Å²) in [5.74, 6) is -0.191. The number of rotatable bonds is 2. The molecule has 0 bridgehead atoms. The summed E-state index contributed by atoms with van der Waals surface area (Å²) in [6.07, 6.45) is 3.20. The molecule has 0 aliphatic rings. The van der Waals surface area contributed by atoms with Gasteiger partial charge in [0.1, 0.15) is 6.07 Å². The molecule has 1 aromatic heterocycles. The maximum atomic E-state index is 11.9. The van der Waals surface area contributed by atoms with Crippen molar-refractivity contribution in [2.45, 2.75) is 6.92 Å². The Bertz CT molecular complexity index is 593. The molecule has 4 heteroatoms. The first-order chi connectivity index (χ1) is 8.20. The van der Waals surface area contributed by atoms with Gasteiger partial charge in [0.2, 0.25) is 0 Å². The molecule has 84 valence electrons. The van der Waals surface area contributed by atoms with Crippen LogP contribution in [0.2, 0.25) is 0 Å². The van der Waals surface area contributed by atoms with Crippen molar-refractivity contribution in [3.05, 3.63) is 59.4 Å². The highest BCUT2D eigenvalue weighted by Crippen LogP contribution is 2.07. The van der Waals surface area contributed by atoms with E-state index < -0.39 is 0 Å². The highest BCUT2D eigenvalue weighted by atomic mass is 16.2. The van der Waals surface area contributed by atoms with E-state index in [1.165, 1.54) is 4.68 Å². The number of nitrogens with zero attached hydrogens (tertiary/aromatic N) is 2. The van der Waals surface area contributed by atoms with E-state index in [-0.39, 0.29) is 5.91 Å². The lowest BCUT2D eigenvalue weighted by atomic mass is 10.1. The third kappa shape index (κ3) is 2.34. The van der Waals surface area contributed by atoms with Gasteiger partial charge in [0.25, 0.3) is 5.91 Å². The first-order valence-corrected chi connectivity index (χ1v) is 5.16. The lowest BCUT2D eigenvalue weighted by molar-refractivity contribution is 0.101. The van der Waals surface area contributed by atoms with Crippen molar-refractivity contribution in [3.8, 4) is 6.07 Å². The minimum atomic E-state index is -0.191. The van der Waals surface area contributed by atoms with Crippen molar-refractivity contribution in [2.24, 2.45) is 0 Å². The summed E-state index contributed by atoms with van der Waals surface area (Å²) in [4.78, 5) is 11.9. The van der Waals surface area contributed by atoms with Crippen LogP contribution in [0.15, 0.2) is 42.7 Å². The smallest absolute Gasteiger partial charge is 0.267 e. The lowest BCUT2D eigenvalue weighted by Gasteiger charge is -2.07. The third-order valence-corrected chi connectivity index (χ3v) is 2.44. The van der Waals surface area contributed by atoms with Gasteiger partial charge in [-0.25, -0.2) is 0 Å². The van der Waals surface area contributed by atoms with Crippen LogP contribution in [0.4, 0.5) is 0 Å². The fraction of sp³-hybridized carbons (Fsp3) is 0.0769. The van der Waals surface area contributed by atoms with Crippen LogP contribution in [0.5, 0.6) is 0 Å². The molecule has 0 saturated carbocycles. The summed E-state index contributed by atoms with van der Waals surface area (Å²) in [6, 6.07) is 11.0. The van der Waals surface area contributed by atoms with Crippen LogP contribution < -0.4 is 5.43 Å². The normalized spacial score (nSPS) is 9.65. The Morgan fingerprint density at radius 1 is 1.35 bits per heavy atom. The van der Waals surface area contributed by atoms with Gasteiger partial charge in [-0.15, -0.1) is 0 Å². The van der Waals surface area contributed by atoms with E-state index in [0.29, 0.717) is 11.1 Å². The van der Waals surface area contributed by atoms with Crippen LogP contribution in [-0.2, 0) is 0 Å². The molecule has 0 saturated heterocycles. The van der Waals surface area contributed by atoms with E-state index >= 15 is 0 Å². The molecule has 0 fully saturated rings. The Labute approximate surface area is 99.1 Å². The summed E-state index contributed by atoms with van der Waals surface area (Å²) in [7, 11) is 0. The maximum Gasteiger partial charge on any atom is 0.270 e. The summed E-state index contributed by atoms with van der Waals surface area (Å²) in [5, 5.41) is 8.67. The summed E-state index contributed by atoms with van der Waals surface area (Å²) in [6.45, 7) is 1.88. The fourth-order valence-corrected chi connectivity index (χ4v) is 1.54. The van der Waals surface area contributed by atoms with E-state index in [4.69, 9.17) is 5.26 Å². The second kappa shape index (κ2) is 4.54. The molecular weight excluding hydrogens is 214 g/mol. The molecule has 0 spiro atoms. The zero-order chi connectivity index (χ0) is 12.3. The van der Waals surface area contributed by atoms with Crippen molar-refractivity contribution < 1.29 is 4.79 Å². The van der Waals surface area contributed by atoms with Crippen molar-refractivity contribution >= 4 is 5.91 Å². The summed E-state index contributed by atoms with van der Waals surface area (Å²) >= 11 is 0. The maximum absolute atomic E-state index is 11.9. The molecule has 17 heavy (non-hydrogen) atoms. The quantitative estimate of drug-likeness (QED) is 0.850. The fourth-order valence-electron chi connectivity index (χ4n) is 1.54. The number of aryl methyl sites for hydroxylation is 1. The van der Waals surface area contributed by atoms with Crippen LogP contribution in [0, 0.1) is 18.3 Å². The number of hydrogen-bond acceptors (Lipinski definition) is 2. The lowest BCUT2D eigenvalue weighted by Crippen LogP contribution is -2.22. The van der Waals surface area contributed by atoms with Gasteiger partial charge in [0.15, 0.2) is 0 Å². The van der Waals surface area contributed by atoms with E-state index in [2.05, 4.69) is 5.43 Å². The van der Waals surface area contributed by atoms with Crippen LogP contribution in [-0.4, -0.2) is 10.6 Å². The van der Waals surface area contributed by atoms with E-state index in [0.717, 1.165) is 5.56 Å². The van der Waals surface area contributed by atoms with Crippen LogP contribution in [0.25, 0.3) is 0 Å². The van der Waals surface area contributed by atoms with Gasteiger partial charge in [0.05, 0.1) is 5.56 Å². The number of nitrogens with one attached hydrogen (secondary N) is 1. The Balaban J connectivity index is 2.18. The van der Waals surface area contributed by atoms with Gasteiger partial charge in [0, 0.05) is 18.0 Å². The number of hydrogen-bond donors (Lipinski definition) is 1. The number of carbonyl (C=O) groups excluding carboxylic acids is 1. The Morgan fingerprint density at radius 3 is 2.76 bits per heavy atom. The molecule has 1 N–H and O–H groups in total. The Morgan fingerprint density at radius 2 is 2.12 bits per heavy atom. The number of carbonyl (C=O) groups is 1. The molecule has 1 aromatic carbocycles. The van der Waals surface area contributed by atoms with Crippen molar-refractivity contribution in [2.75, 3.05) is 5.43 Å². The topological polar surface area (TPSA) is 57.8 Å². The largest absolute Gasteiger partial charge is 0.270 e. The number of nitriles is 1. The molecule has 1 amide bonds. The Kier molecular flexibility index (Phi) is 2.93. The summed E-state index contributed by atoms with van der Waals surface area (Å²) < 4.78 is 1.48. The average molecular weight is 225 g/mol. The molecule has 0 aliphatic carbocycles. The van der Waals surface area contributed by atoms with E-state index in [1.54, 1.807) is 24.5 Å². The minimum absolute atomic E-state index is 0.191. The molecule has 0 atom stereocenters. The second-order valence-corrected chi connectivity index (χ2v) is 3.68. The highest BCUT2D eigenvalue weighted by Gasteiger charge is 2.08. The number of benzene rings is 1. The number of amides is 1. The van der Waals surface area contributed by atoms with Crippen molar-refractivity contribution in [1.82, 2.24) is 4.68 Å². The minimum Gasteiger partial charge on any atom is -0.267 e. The van der Waals surface area contributed by atoms with Crippen molar-refractivity contribution in [3.63, 3.8) is 0 Å².